The molecule has 0 spiro atoms. The molecule has 0 aliphatic carbocycles. The summed E-state index contributed by atoms with van der Waals surface area (Å²) in [4.78, 5) is 5.71. The van der Waals surface area contributed by atoms with Gasteiger partial charge in [0.2, 0.25) is 0 Å². The molecule has 3 heteroatoms. The van der Waals surface area contributed by atoms with E-state index in [1.165, 1.54) is 21.6 Å². The lowest BCUT2D eigenvalue weighted by molar-refractivity contribution is 1.14. The van der Waals surface area contributed by atoms with Crippen molar-refractivity contribution in [2.24, 2.45) is 0 Å². The number of para-hydroxylation sites is 1. The molecule has 0 amide bonds. The van der Waals surface area contributed by atoms with E-state index in [4.69, 9.17) is 0 Å². The summed E-state index contributed by atoms with van der Waals surface area (Å²) in [6, 6.07) is 36.3. The van der Waals surface area contributed by atoms with Crippen LogP contribution in [0.5, 0.6) is 0 Å². The number of benzene rings is 4. The van der Waals surface area contributed by atoms with E-state index in [1.807, 2.05) is 98.0 Å². The average molecular weight is 952 g/mol. The summed E-state index contributed by atoms with van der Waals surface area (Å²) >= 11 is 1.77. The number of hydrogen-bond donors (Lipinski definition) is 0. The van der Waals surface area contributed by atoms with E-state index in [1.54, 1.807) is 17.8 Å². The van der Waals surface area contributed by atoms with Crippen molar-refractivity contribution in [2.45, 2.75) is 95.9 Å². The van der Waals surface area contributed by atoms with E-state index in [0.717, 1.165) is 63.6 Å². The van der Waals surface area contributed by atoms with Crippen LogP contribution in [0.2, 0.25) is 0 Å². The normalized spacial score (nSPS) is 11.4. The molecule has 0 aliphatic rings. The van der Waals surface area contributed by atoms with Crippen LogP contribution in [-0.2, 0) is 0 Å². The number of allylic oxidation sites excluding steroid dienone is 21. The zero-order valence-electron chi connectivity index (χ0n) is 45.3. The molecular weight excluding hydrogens is 865 g/mol. The monoisotopic (exact) mass is 951 g/mol. The molecule has 0 N–H and O–H groups in total. The zero-order valence-corrected chi connectivity index (χ0v) is 46.1. The first-order valence-corrected chi connectivity index (χ1v) is 25.4. The predicted octanol–water partition coefficient (Wildman–Crippen LogP) is 21.6. The molecule has 0 saturated carbocycles. The number of rotatable bonds is 19. The van der Waals surface area contributed by atoms with Crippen LogP contribution in [0.4, 0.5) is 22.7 Å². The number of nitrogens with zero attached hydrogens (tertiary/aromatic N) is 2. The average Bonchev–Trinajstić information content (AvgIpc) is 3.38. The lowest BCUT2D eigenvalue weighted by Gasteiger charge is -2.25. The van der Waals surface area contributed by atoms with Crippen molar-refractivity contribution in [1.82, 2.24) is 0 Å². The van der Waals surface area contributed by atoms with Crippen LogP contribution < -0.4 is 9.80 Å². The minimum Gasteiger partial charge on any atom is -0.345 e. The maximum atomic E-state index is 4.22. The summed E-state index contributed by atoms with van der Waals surface area (Å²) in [7, 11) is 2.02. The van der Waals surface area contributed by atoms with Crippen molar-refractivity contribution in [3.05, 3.63) is 276 Å². The van der Waals surface area contributed by atoms with Gasteiger partial charge in [-0.25, -0.2) is 0 Å². The molecule has 0 aromatic heterocycles. The highest BCUT2D eigenvalue weighted by Crippen LogP contribution is 2.35. The molecule has 0 bridgehead atoms. The topological polar surface area (TPSA) is 6.48 Å². The van der Waals surface area contributed by atoms with Gasteiger partial charge >= 0.3 is 0 Å². The van der Waals surface area contributed by atoms with Gasteiger partial charge in [-0.15, -0.1) is 18.3 Å². The van der Waals surface area contributed by atoms with Crippen LogP contribution in [0.1, 0.15) is 106 Å². The largest absolute Gasteiger partial charge is 0.345 e. The Hall–Kier alpha value is -6.81. The van der Waals surface area contributed by atoms with Gasteiger partial charge in [-0.2, -0.15) is 0 Å². The summed E-state index contributed by atoms with van der Waals surface area (Å²) in [5, 5.41) is 2.16. The van der Waals surface area contributed by atoms with Gasteiger partial charge in [-0.05, 0) is 174 Å². The van der Waals surface area contributed by atoms with Gasteiger partial charge in [0.15, 0.2) is 0 Å². The summed E-state index contributed by atoms with van der Waals surface area (Å²) in [6.07, 6.45) is 36.6. The molecular formula is C67H86N2S. The molecule has 0 atom stereocenters. The van der Waals surface area contributed by atoms with E-state index in [9.17, 15) is 0 Å². The van der Waals surface area contributed by atoms with E-state index >= 15 is 0 Å². The number of hydrogen-bond acceptors (Lipinski definition) is 3. The SMILES string of the molecule is C/C=C\C=C/CC.C=C/C=C(\C=C/C)c1ccc(N(C)C(=C)/C=C\C(=C/C)C(=C)/C=C\C/C=C/C)cc1.C=CC.CC.CC(C)=C(C)S/C=C/c1ccc(N(c2ccccc2)c2ccc(C)cc2)cc1. The van der Waals surface area contributed by atoms with Gasteiger partial charge in [0.25, 0.3) is 0 Å². The highest BCUT2D eigenvalue weighted by atomic mass is 32.2. The van der Waals surface area contributed by atoms with Gasteiger partial charge in [-0.1, -0.05) is 197 Å². The highest BCUT2D eigenvalue weighted by Gasteiger charge is 2.12. The zero-order chi connectivity index (χ0) is 52.5. The highest BCUT2D eigenvalue weighted by molar-refractivity contribution is 8.05. The molecule has 0 heterocycles. The maximum Gasteiger partial charge on any atom is 0.0462 e. The fourth-order valence-electron chi connectivity index (χ4n) is 5.92. The third-order valence-electron chi connectivity index (χ3n) is 9.97. The van der Waals surface area contributed by atoms with E-state index in [-0.39, 0.29) is 0 Å². The van der Waals surface area contributed by atoms with Gasteiger partial charge in [0, 0.05) is 35.5 Å². The molecule has 0 radical (unpaired) electrons. The smallest absolute Gasteiger partial charge is 0.0462 e. The van der Waals surface area contributed by atoms with E-state index in [2.05, 4.69) is 234 Å². The second kappa shape index (κ2) is 40.1. The number of anilines is 4. The van der Waals surface area contributed by atoms with Crippen LogP contribution in [0.25, 0.3) is 11.6 Å². The van der Waals surface area contributed by atoms with Crippen molar-refractivity contribution >= 4 is 46.2 Å². The molecule has 2 nitrogen and oxygen atoms in total. The lowest BCUT2D eigenvalue weighted by Crippen LogP contribution is -2.13. The first-order chi connectivity index (χ1) is 33.8. The first kappa shape index (κ1) is 63.2. The Morgan fingerprint density at radius 2 is 1.20 bits per heavy atom. The maximum absolute atomic E-state index is 4.22. The van der Waals surface area contributed by atoms with Gasteiger partial charge < -0.3 is 9.80 Å². The quantitative estimate of drug-likeness (QED) is 0.0683. The summed E-state index contributed by atoms with van der Waals surface area (Å²) in [5.74, 6) is 0. The molecule has 4 rings (SSSR count). The van der Waals surface area contributed by atoms with Crippen LogP contribution >= 0.6 is 11.8 Å². The molecule has 0 aliphatic heterocycles. The fraction of sp³-hybridized carbons (Fsp3) is 0.224. The molecule has 70 heavy (non-hydrogen) atoms. The molecule has 4 aromatic carbocycles. The Kier molecular flexibility index (Phi) is 36.2. The Bertz CT molecular complexity index is 2400. The van der Waals surface area contributed by atoms with Gasteiger partial charge in [-0.3, -0.25) is 0 Å². The first-order valence-electron chi connectivity index (χ1n) is 24.5. The van der Waals surface area contributed by atoms with Gasteiger partial charge in [0.05, 0.1) is 0 Å². The second-order valence-corrected chi connectivity index (χ2v) is 16.7. The van der Waals surface area contributed by atoms with E-state index < -0.39 is 0 Å². The molecule has 0 fully saturated rings. The minimum absolute atomic E-state index is 0.906. The molecule has 0 unspecified atom stereocenters. The van der Waals surface area contributed by atoms with Crippen LogP contribution in [-0.4, -0.2) is 7.05 Å². The summed E-state index contributed by atoms with van der Waals surface area (Å²) in [5.41, 5.74) is 13.7. The molecule has 4 aromatic rings. The Morgan fingerprint density at radius 3 is 1.71 bits per heavy atom. The summed E-state index contributed by atoms with van der Waals surface area (Å²) < 4.78 is 0. The lowest BCUT2D eigenvalue weighted by atomic mass is 10.0. The Balaban J connectivity index is 0.00000111. The third kappa shape index (κ3) is 26.1. The van der Waals surface area contributed by atoms with Crippen molar-refractivity contribution in [3.63, 3.8) is 0 Å². The summed E-state index contributed by atoms with van der Waals surface area (Å²) in [6.45, 7) is 40.2. The van der Waals surface area contributed by atoms with Crippen LogP contribution in [0.3, 0.4) is 0 Å². The number of aryl methyl sites for hydroxylation is 1. The van der Waals surface area contributed by atoms with Crippen LogP contribution in [0, 0.1) is 6.92 Å². The third-order valence-corrected chi connectivity index (χ3v) is 11.0. The Labute approximate surface area is 432 Å². The van der Waals surface area contributed by atoms with Crippen molar-refractivity contribution < 1.29 is 0 Å². The fourth-order valence-corrected chi connectivity index (χ4v) is 6.58. The predicted molar refractivity (Wildman–Crippen MR) is 326 cm³/mol. The van der Waals surface area contributed by atoms with Crippen LogP contribution in [0.15, 0.2) is 259 Å². The Morgan fingerprint density at radius 1 is 0.629 bits per heavy atom. The van der Waals surface area contributed by atoms with Crippen molar-refractivity contribution in [1.29, 1.82) is 0 Å². The van der Waals surface area contributed by atoms with E-state index in [0.29, 0.717) is 0 Å². The van der Waals surface area contributed by atoms with Crippen molar-refractivity contribution in [3.8, 4) is 0 Å². The molecule has 0 saturated heterocycles. The van der Waals surface area contributed by atoms with Gasteiger partial charge in [0.1, 0.15) is 0 Å². The van der Waals surface area contributed by atoms with Crippen molar-refractivity contribution in [2.75, 3.05) is 16.8 Å². The molecule has 370 valence electrons. The standard InChI is InChI=1S/C29H35N.C26H27NS.C7H12.C3H6.C2H6/c1-8-12-13-14-17-24(5)26(11-4)19-18-25(6)30(7)29-22-20-28(21-23-29)27(15-9-2)16-10-3;1-20(2)22(4)28-19-18-23-12-16-26(17-13-23)27(24-8-6-5-7-9-24)25-14-10-21(3)11-15-25;1-3-5-7-6-4-2;1-3-2;1-2/h8-12,14-23H,2,5-6,13H2,1,3-4,7H3;5-19H,1-4H3;3,5-7H,4H2,1-2H3;3H,1H2,2H3;1-2H3/b12-8+,16-10-,17-14-,19-18-,26-11+,27-15+;19-18+;5-3-,7-6-;;. The minimum atomic E-state index is 0.906. The number of thioether (sulfide) groups is 1. The second-order valence-electron chi connectivity index (χ2n) is 15.6. The number of likely N-dealkylation sites (N-methyl/N-ethyl adjacent to an activating group) is 1.